The van der Waals surface area contributed by atoms with Crippen molar-refractivity contribution in [2.45, 2.75) is 26.2 Å². The van der Waals surface area contributed by atoms with E-state index in [0.29, 0.717) is 6.42 Å². The van der Waals surface area contributed by atoms with Crippen molar-refractivity contribution >= 4 is 6.29 Å². The average molecular weight is 160 g/mol. The highest BCUT2D eigenvalue weighted by atomic mass is 16.1. The van der Waals surface area contributed by atoms with E-state index in [9.17, 15) is 4.79 Å². The van der Waals surface area contributed by atoms with Gasteiger partial charge < -0.3 is 15.8 Å². The number of hydrogen-bond donors (Lipinski definition) is 2. The third-order valence-electron chi connectivity index (χ3n) is 1.04. The van der Waals surface area contributed by atoms with Gasteiger partial charge in [0.05, 0.1) is 0 Å². The largest absolute Gasteiger partial charge is 0.330 e. The van der Waals surface area contributed by atoms with Crippen LogP contribution in [0.25, 0.3) is 0 Å². The standard InChI is InChI=1S/C4H12N2.C4H8O/c1-6-4-2-3-5;1-2-3-4-5/h6H,2-5H2,1H3;4H,2-3H2,1H3. The number of hydrogen-bond acceptors (Lipinski definition) is 3. The van der Waals surface area contributed by atoms with Crippen LogP contribution in [0.1, 0.15) is 26.2 Å². The molecule has 0 aliphatic rings. The summed E-state index contributed by atoms with van der Waals surface area (Å²) in [6.45, 7) is 3.81. The monoisotopic (exact) mass is 160 g/mol. The molecule has 0 unspecified atom stereocenters. The van der Waals surface area contributed by atoms with E-state index in [1.165, 1.54) is 0 Å². The summed E-state index contributed by atoms with van der Waals surface area (Å²) in [6.07, 6.45) is 3.69. The van der Waals surface area contributed by atoms with Gasteiger partial charge in [-0.15, -0.1) is 0 Å². The maximum Gasteiger partial charge on any atom is 0.119 e. The van der Waals surface area contributed by atoms with Crippen LogP contribution in [0.15, 0.2) is 0 Å². The Kier molecular flexibility index (Phi) is 19.6. The second-order valence-electron chi connectivity index (χ2n) is 2.20. The zero-order valence-corrected chi connectivity index (χ0v) is 7.60. The van der Waals surface area contributed by atoms with Crippen LogP contribution < -0.4 is 11.1 Å². The van der Waals surface area contributed by atoms with Crippen LogP contribution >= 0.6 is 0 Å². The fourth-order valence-corrected chi connectivity index (χ4v) is 0.397. The Hall–Kier alpha value is -0.410. The smallest absolute Gasteiger partial charge is 0.119 e. The van der Waals surface area contributed by atoms with Gasteiger partial charge in [0.1, 0.15) is 6.29 Å². The molecule has 0 bridgehead atoms. The Labute approximate surface area is 69.4 Å². The van der Waals surface area contributed by atoms with Crippen LogP contribution in [-0.2, 0) is 4.79 Å². The molecule has 3 nitrogen and oxygen atoms in total. The molecular weight excluding hydrogens is 140 g/mol. The minimum Gasteiger partial charge on any atom is -0.330 e. The molecule has 0 saturated heterocycles. The molecule has 0 aliphatic carbocycles. The highest BCUT2D eigenvalue weighted by Gasteiger charge is 1.73. The molecule has 11 heavy (non-hydrogen) atoms. The van der Waals surface area contributed by atoms with Crippen molar-refractivity contribution in [1.82, 2.24) is 5.32 Å². The molecule has 3 N–H and O–H groups in total. The van der Waals surface area contributed by atoms with Crippen LogP contribution in [0.4, 0.5) is 0 Å². The van der Waals surface area contributed by atoms with Crippen LogP contribution in [0.5, 0.6) is 0 Å². The molecule has 0 radical (unpaired) electrons. The van der Waals surface area contributed by atoms with Gasteiger partial charge in [0.15, 0.2) is 0 Å². The van der Waals surface area contributed by atoms with Crippen LogP contribution in [0.2, 0.25) is 0 Å². The molecule has 0 saturated carbocycles. The fraction of sp³-hybridized carbons (Fsp3) is 0.875. The van der Waals surface area contributed by atoms with Crippen molar-refractivity contribution in [3.8, 4) is 0 Å². The summed E-state index contributed by atoms with van der Waals surface area (Å²) in [5, 5.41) is 2.99. The summed E-state index contributed by atoms with van der Waals surface area (Å²) in [5.74, 6) is 0. The number of aldehydes is 1. The molecule has 0 rings (SSSR count). The Bertz CT molecular complexity index is 63.1. The third kappa shape index (κ3) is 26.2. The molecule has 68 valence electrons. The molecule has 0 amide bonds. The van der Waals surface area contributed by atoms with Gasteiger partial charge in [0, 0.05) is 6.42 Å². The summed E-state index contributed by atoms with van der Waals surface area (Å²) >= 11 is 0. The summed E-state index contributed by atoms with van der Waals surface area (Å²) in [5.41, 5.74) is 5.17. The van der Waals surface area contributed by atoms with E-state index in [0.717, 1.165) is 32.2 Å². The zero-order chi connectivity index (χ0) is 8.95. The lowest BCUT2D eigenvalue weighted by molar-refractivity contribution is -0.107. The van der Waals surface area contributed by atoms with Crippen LogP contribution in [-0.4, -0.2) is 26.4 Å². The van der Waals surface area contributed by atoms with Crippen molar-refractivity contribution in [1.29, 1.82) is 0 Å². The zero-order valence-electron chi connectivity index (χ0n) is 7.60. The van der Waals surface area contributed by atoms with Crippen LogP contribution in [0, 0.1) is 0 Å². The number of carbonyl (C=O) groups excluding carboxylic acids is 1. The molecule has 0 fully saturated rings. The van der Waals surface area contributed by atoms with Gasteiger partial charge in [-0.05, 0) is 33.0 Å². The van der Waals surface area contributed by atoms with Crippen molar-refractivity contribution in [3.63, 3.8) is 0 Å². The van der Waals surface area contributed by atoms with E-state index in [-0.39, 0.29) is 0 Å². The lowest BCUT2D eigenvalue weighted by Crippen LogP contribution is -2.12. The van der Waals surface area contributed by atoms with Crippen molar-refractivity contribution in [2.75, 3.05) is 20.1 Å². The summed E-state index contributed by atoms with van der Waals surface area (Å²) in [7, 11) is 1.93. The maximum absolute atomic E-state index is 9.40. The van der Waals surface area contributed by atoms with E-state index >= 15 is 0 Å². The summed E-state index contributed by atoms with van der Waals surface area (Å²) < 4.78 is 0. The van der Waals surface area contributed by atoms with E-state index in [2.05, 4.69) is 5.32 Å². The third-order valence-corrected chi connectivity index (χ3v) is 1.04. The fourth-order valence-electron chi connectivity index (χ4n) is 0.397. The number of nitrogens with one attached hydrogen (secondary N) is 1. The minimum atomic E-state index is 0.708. The molecule has 0 heterocycles. The van der Waals surface area contributed by atoms with E-state index in [4.69, 9.17) is 5.73 Å². The predicted molar refractivity (Wildman–Crippen MR) is 48.6 cm³/mol. The van der Waals surface area contributed by atoms with Gasteiger partial charge in [0.2, 0.25) is 0 Å². The SMILES string of the molecule is CCCC=O.CNCCCN. The lowest BCUT2D eigenvalue weighted by atomic mass is 10.4. The predicted octanol–water partition coefficient (Wildman–Crippen LogP) is 0.540. The molecule has 0 atom stereocenters. The molecule has 0 aromatic carbocycles. The van der Waals surface area contributed by atoms with Gasteiger partial charge in [0.25, 0.3) is 0 Å². The van der Waals surface area contributed by atoms with E-state index < -0.39 is 0 Å². The second kappa shape index (κ2) is 16.3. The van der Waals surface area contributed by atoms with Crippen molar-refractivity contribution in [2.24, 2.45) is 5.73 Å². The first-order valence-corrected chi connectivity index (χ1v) is 4.11. The molecule has 0 aromatic heterocycles. The molecule has 0 aliphatic heterocycles. The molecule has 3 heteroatoms. The lowest BCUT2D eigenvalue weighted by Gasteiger charge is -1.90. The maximum atomic E-state index is 9.40. The van der Waals surface area contributed by atoms with Gasteiger partial charge in [-0.3, -0.25) is 0 Å². The van der Waals surface area contributed by atoms with Gasteiger partial charge in [-0.25, -0.2) is 0 Å². The van der Waals surface area contributed by atoms with Crippen molar-refractivity contribution < 1.29 is 4.79 Å². The van der Waals surface area contributed by atoms with Crippen LogP contribution in [0.3, 0.4) is 0 Å². The van der Waals surface area contributed by atoms with Gasteiger partial charge in [-0.2, -0.15) is 0 Å². The van der Waals surface area contributed by atoms with Gasteiger partial charge in [-0.1, -0.05) is 6.92 Å². The number of unbranched alkanes of at least 4 members (excludes halogenated alkanes) is 1. The number of rotatable bonds is 5. The minimum absolute atomic E-state index is 0.708. The first-order valence-electron chi connectivity index (χ1n) is 4.11. The first-order chi connectivity index (χ1) is 5.33. The van der Waals surface area contributed by atoms with E-state index in [1.807, 2.05) is 14.0 Å². The Morgan fingerprint density at radius 1 is 1.55 bits per heavy atom. The second-order valence-corrected chi connectivity index (χ2v) is 2.20. The average Bonchev–Trinajstić information content (AvgIpc) is 2.04. The first kappa shape index (κ1) is 13.2. The molecular formula is C8H20N2O. The summed E-state index contributed by atoms with van der Waals surface area (Å²) in [4.78, 5) is 9.40. The molecule has 0 aromatic rings. The highest BCUT2D eigenvalue weighted by Crippen LogP contribution is 1.74. The Morgan fingerprint density at radius 2 is 2.18 bits per heavy atom. The summed E-state index contributed by atoms with van der Waals surface area (Å²) in [6, 6.07) is 0. The Balaban J connectivity index is 0. The van der Waals surface area contributed by atoms with Gasteiger partial charge >= 0.3 is 0 Å². The number of carbonyl (C=O) groups is 1. The van der Waals surface area contributed by atoms with Crippen molar-refractivity contribution in [3.05, 3.63) is 0 Å². The topological polar surface area (TPSA) is 55.1 Å². The normalized spacial score (nSPS) is 8.27. The highest BCUT2D eigenvalue weighted by molar-refractivity contribution is 5.48. The van der Waals surface area contributed by atoms with E-state index in [1.54, 1.807) is 0 Å². The number of nitrogens with two attached hydrogens (primary N) is 1. The Morgan fingerprint density at radius 3 is 2.27 bits per heavy atom. The quantitative estimate of drug-likeness (QED) is 0.456. The molecule has 0 spiro atoms.